The van der Waals surface area contributed by atoms with E-state index in [0.717, 1.165) is 16.7 Å². The molecule has 202 valence electrons. The van der Waals surface area contributed by atoms with Gasteiger partial charge in [0.05, 0.1) is 12.5 Å². The summed E-state index contributed by atoms with van der Waals surface area (Å²) in [6.45, 7) is 0.885. The molecule has 3 aromatic carbocycles. The Kier molecular flexibility index (Phi) is 10.3. The highest BCUT2D eigenvalue weighted by molar-refractivity contribution is 6.30. The number of rotatable bonds is 7. The predicted octanol–water partition coefficient (Wildman–Crippen LogP) is 6.02. The fourth-order valence-electron chi connectivity index (χ4n) is 4.54. The molecule has 1 aliphatic heterocycles. The number of nitrogens with zero attached hydrogens (tertiary/aromatic N) is 1. The highest BCUT2D eigenvalue weighted by Crippen LogP contribution is 2.25. The number of esters is 1. The summed E-state index contributed by atoms with van der Waals surface area (Å²) >= 11 is 5.96. The van der Waals surface area contributed by atoms with Gasteiger partial charge in [-0.1, -0.05) is 96.5 Å². The first kappa shape index (κ1) is 28.1. The molecule has 2 atom stereocenters. The fraction of sp³-hybridized carbons (Fsp3) is 0.281. The van der Waals surface area contributed by atoms with Crippen LogP contribution in [0, 0.1) is 5.92 Å². The minimum atomic E-state index is -0.617. The molecule has 6 nitrogen and oxygen atoms in total. The van der Waals surface area contributed by atoms with Crippen LogP contribution in [0.1, 0.15) is 48.5 Å². The minimum Gasteiger partial charge on any atom is -0.456 e. The lowest BCUT2D eigenvalue weighted by Crippen LogP contribution is -2.41. The Bertz CT molecular complexity index is 1260. The number of nitrogens with one attached hydrogen (secondary N) is 1. The van der Waals surface area contributed by atoms with Gasteiger partial charge >= 0.3 is 5.97 Å². The van der Waals surface area contributed by atoms with E-state index in [0.29, 0.717) is 31.0 Å². The zero-order valence-corrected chi connectivity index (χ0v) is 22.6. The highest BCUT2D eigenvalue weighted by Gasteiger charge is 2.30. The van der Waals surface area contributed by atoms with Gasteiger partial charge in [0.15, 0.2) is 0 Å². The lowest BCUT2D eigenvalue weighted by molar-refractivity contribution is -0.153. The van der Waals surface area contributed by atoms with Crippen molar-refractivity contribution in [3.63, 3.8) is 0 Å². The van der Waals surface area contributed by atoms with E-state index in [9.17, 15) is 14.4 Å². The van der Waals surface area contributed by atoms with Crippen LogP contribution in [-0.4, -0.2) is 29.2 Å². The van der Waals surface area contributed by atoms with Crippen molar-refractivity contribution in [1.82, 2.24) is 10.2 Å². The molecule has 39 heavy (non-hydrogen) atoms. The van der Waals surface area contributed by atoms with E-state index in [4.69, 9.17) is 16.3 Å². The monoisotopic (exact) mass is 544 g/mol. The molecule has 1 aliphatic rings. The first-order valence-corrected chi connectivity index (χ1v) is 13.6. The quantitative estimate of drug-likeness (QED) is 0.292. The van der Waals surface area contributed by atoms with Crippen LogP contribution < -0.4 is 5.32 Å². The van der Waals surface area contributed by atoms with Gasteiger partial charge in [-0.2, -0.15) is 0 Å². The number of amides is 2. The van der Waals surface area contributed by atoms with Crippen molar-refractivity contribution in [3.05, 3.63) is 119 Å². The molecule has 2 amide bonds. The van der Waals surface area contributed by atoms with Crippen LogP contribution >= 0.6 is 11.6 Å². The summed E-state index contributed by atoms with van der Waals surface area (Å²) in [7, 11) is 0. The molecule has 1 N–H and O–H groups in total. The van der Waals surface area contributed by atoms with Gasteiger partial charge in [0.2, 0.25) is 11.8 Å². The van der Waals surface area contributed by atoms with Gasteiger partial charge in [-0.15, -0.1) is 0 Å². The van der Waals surface area contributed by atoms with E-state index < -0.39 is 12.0 Å². The third-order valence-electron chi connectivity index (χ3n) is 6.65. The van der Waals surface area contributed by atoms with Crippen molar-refractivity contribution < 1.29 is 19.1 Å². The summed E-state index contributed by atoms with van der Waals surface area (Å²) in [4.78, 5) is 41.3. The molecule has 0 saturated heterocycles. The Labute approximate surface area is 234 Å². The van der Waals surface area contributed by atoms with Crippen LogP contribution in [0.4, 0.5) is 0 Å². The number of cyclic esters (lactones) is 1. The molecule has 0 saturated carbocycles. The number of hydrogen-bond donors (Lipinski definition) is 1. The number of carbonyl (C=O) groups is 3. The third-order valence-corrected chi connectivity index (χ3v) is 6.90. The van der Waals surface area contributed by atoms with Crippen LogP contribution in [0.5, 0.6) is 0 Å². The summed E-state index contributed by atoms with van der Waals surface area (Å²) in [6, 6.07) is 26.4. The molecule has 7 heteroatoms. The smallest absolute Gasteiger partial charge is 0.306 e. The SMILES string of the molecule is O=C(C[C@@H]1C/C=C/CCC(=O)OC(c2ccccc2)CN(Cc2ccccc2)C1=O)NCc1ccc(Cl)cc1. The van der Waals surface area contributed by atoms with Crippen molar-refractivity contribution in [3.8, 4) is 0 Å². The van der Waals surface area contributed by atoms with E-state index in [1.165, 1.54) is 0 Å². The Morgan fingerprint density at radius 1 is 0.897 bits per heavy atom. The largest absolute Gasteiger partial charge is 0.456 e. The average Bonchev–Trinajstić information content (AvgIpc) is 2.95. The second kappa shape index (κ2) is 14.3. The maximum atomic E-state index is 14.0. The Morgan fingerprint density at radius 3 is 2.31 bits per heavy atom. The average molecular weight is 545 g/mol. The summed E-state index contributed by atoms with van der Waals surface area (Å²) in [5, 5.41) is 3.56. The molecule has 0 fully saturated rings. The first-order valence-electron chi connectivity index (χ1n) is 13.2. The summed E-state index contributed by atoms with van der Waals surface area (Å²) in [5.74, 6) is -1.21. The van der Waals surface area contributed by atoms with Gasteiger partial charge in [-0.25, -0.2) is 0 Å². The maximum Gasteiger partial charge on any atom is 0.306 e. The van der Waals surface area contributed by atoms with Crippen LogP contribution in [-0.2, 0) is 32.2 Å². The van der Waals surface area contributed by atoms with Crippen LogP contribution in [0.15, 0.2) is 97.1 Å². The molecule has 0 bridgehead atoms. The Balaban J connectivity index is 1.56. The van der Waals surface area contributed by atoms with Crippen LogP contribution in [0.3, 0.4) is 0 Å². The van der Waals surface area contributed by atoms with Gasteiger partial charge in [0, 0.05) is 31.0 Å². The zero-order valence-electron chi connectivity index (χ0n) is 21.8. The van der Waals surface area contributed by atoms with E-state index in [2.05, 4.69) is 5.32 Å². The van der Waals surface area contributed by atoms with E-state index in [1.54, 1.807) is 17.0 Å². The zero-order chi connectivity index (χ0) is 27.5. The van der Waals surface area contributed by atoms with Gasteiger partial charge < -0.3 is 15.0 Å². The first-order chi connectivity index (χ1) is 19.0. The molecular weight excluding hydrogens is 512 g/mol. The predicted molar refractivity (Wildman–Crippen MR) is 152 cm³/mol. The molecule has 1 unspecified atom stereocenters. The standard InChI is InChI=1S/C32H33ClN2O4/c33-28-18-16-24(17-19-28)21-34-30(36)20-27-14-8-3-9-15-31(37)39-29(26-12-6-2-7-13-26)23-35(32(27)38)22-25-10-4-1-5-11-25/h1-8,10-13,16-19,27,29H,9,14-15,20-23H2,(H,34,36)/b8-3+/t27-,29?/m0/s1. The van der Waals surface area contributed by atoms with Gasteiger partial charge in [-0.05, 0) is 41.7 Å². The maximum absolute atomic E-state index is 14.0. The molecule has 3 aromatic rings. The van der Waals surface area contributed by atoms with Crippen molar-refractivity contribution in [1.29, 1.82) is 0 Å². The van der Waals surface area contributed by atoms with Crippen molar-refractivity contribution in [2.75, 3.05) is 6.54 Å². The number of carbonyl (C=O) groups excluding carboxylic acids is 3. The number of allylic oxidation sites excluding steroid dienone is 2. The molecule has 4 rings (SSSR count). The topological polar surface area (TPSA) is 75.7 Å². The Hall–Kier alpha value is -3.90. The second-order valence-electron chi connectivity index (χ2n) is 9.64. The van der Waals surface area contributed by atoms with E-state index in [-0.39, 0.29) is 37.2 Å². The second-order valence-corrected chi connectivity index (χ2v) is 10.1. The number of halogens is 1. The molecule has 0 aromatic heterocycles. The van der Waals surface area contributed by atoms with Crippen molar-refractivity contribution in [2.24, 2.45) is 5.92 Å². The van der Waals surface area contributed by atoms with E-state index in [1.807, 2.05) is 84.9 Å². The highest BCUT2D eigenvalue weighted by atomic mass is 35.5. The molecule has 1 heterocycles. The summed E-state index contributed by atoms with van der Waals surface area (Å²) < 4.78 is 5.88. The lowest BCUT2D eigenvalue weighted by Gasteiger charge is -2.31. The molecule has 0 radical (unpaired) electrons. The number of hydrogen-bond acceptors (Lipinski definition) is 4. The van der Waals surface area contributed by atoms with Crippen molar-refractivity contribution >= 4 is 29.4 Å². The Morgan fingerprint density at radius 2 is 1.59 bits per heavy atom. The third kappa shape index (κ3) is 8.82. The van der Waals surface area contributed by atoms with Gasteiger partial charge in [-0.3, -0.25) is 14.4 Å². The van der Waals surface area contributed by atoms with Crippen LogP contribution in [0.25, 0.3) is 0 Å². The molecule has 0 aliphatic carbocycles. The number of ether oxygens (including phenoxy) is 1. The van der Waals surface area contributed by atoms with E-state index >= 15 is 0 Å². The minimum absolute atomic E-state index is 0.0534. The van der Waals surface area contributed by atoms with Gasteiger partial charge in [0.25, 0.3) is 0 Å². The molecule has 0 spiro atoms. The van der Waals surface area contributed by atoms with Crippen molar-refractivity contribution in [2.45, 2.75) is 44.9 Å². The molecular formula is C32H33ClN2O4. The van der Waals surface area contributed by atoms with Crippen LogP contribution in [0.2, 0.25) is 5.02 Å². The van der Waals surface area contributed by atoms with Gasteiger partial charge in [0.1, 0.15) is 6.10 Å². The summed E-state index contributed by atoms with van der Waals surface area (Å²) in [5.41, 5.74) is 2.70. The fourth-order valence-corrected chi connectivity index (χ4v) is 4.67. The normalized spacial score (nSPS) is 19.4. The lowest BCUT2D eigenvalue weighted by atomic mass is 9.97. The summed E-state index contributed by atoms with van der Waals surface area (Å²) in [6.07, 6.45) is 4.37. The number of benzene rings is 3.